The predicted molar refractivity (Wildman–Crippen MR) is 110 cm³/mol. The van der Waals surface area contributed by atoms with Crippen LogP contribution in [-0.4, -0.2) is 28.2 Å². The summed E-state index contributed by atoms with van der Waals surface area (Å²) in [7, 11) is 0. The van der Waals surface area contributed by atoms with Gasteiger partial charge in [0.1, 0.15) is 5.01 Å². The summed E-state index contributed by atoms with van der Waals surface area (Å²) in [5.41, 5.74) is 5.95. The van der Waals surface area contributed by atoms with Gasteiger partial charge in [-0.3, -0.25) is 14.9 Å². The molecule has 1 heterocycles. The third-order valence-electron chi connectivity index (χ3n) is 3.87. The van der Waals surface area contributed by atoms with Crippen LogP contribution in [0.4, 0.5) is 5.13 Å². The van der Waals surface area contributed by atoms with Crippen molar-refractivity contribution in [2.45, 2.75) is 20.3 Å². The molecule has 28 heavy (non-hydrogen) atoms. The van der Waals surface area contributed by atoms with E-state index in [0.29, 0.717) is 15.7 Å². The Morgan fingerprint density at radius 1 is 1.07 bits per heavy atom. The number of hydrogen-bond donors (Lipinski definition) is 2. The fourth-order valence-electron chi connectivity index (χ4n) is 2.38. The van der Waals surface area contributed by atoms with Gasteiger partial charge in [-0.25, -0.2) is 5.43 Å². The van der Waals surface area contributed by atoms with Crippen LogP contribution in [0.5, 0.6) is 0 Å². The van der Waals surface area contributed by atoms with Crippen molar-refractivity contribution in [3.8, 4) is 0 Å². The third kappa shape index (κ3) is 5.31. The maximum atomic E-state index is 12.3. The number of hydrogen-bond acceptors (Lipinski definition) is 6. The molecule has 1 aromatic heterocycles. The highest BCUT2D eigenvalue weighted by Gasteiger charge is 2.13. The van der Waals surface area contributed by atoms with Crippen LogP contribution in [0.3, 0.4) is 0 Å². The molecular formula is C20H19N5O2S. The molecule has 0 aliphatic rings. The molecule has 8 heteroatoms. The molecule has 2 N–H and O–H groups in total. The lowest BCUT2D eigenvalue weighted by Gasteiger charge is -2.03. The van der Waals surface area contributed by atoms with Gasteiger partial charge in [0.05, 0.1) is 12.6 Å². The minimum Gasteiger partial charge on any atom is -0.296 e. The van der Waals surface area contributed by atoms with E-state index in [1.807, 2.05) is 50.2 Å². The number of aromatic nitrogens is 2. The minimum atomic E-state index is -0.309. The largest absolute Gasteiger partial charge is 0.296 e. The van der Waals surface area contributed by atoms with E-state index in [9.17, 15) is 9.59 Å². The highest BCUT2D eigenvalue weighted by Crippen LogP contribution is 2.17. The van der Waals surface area contributed by atoms with Crippen molar-refractivity contribution in [3.63, 3.8) is 0 Å². The number of carbonyl (C=O) groups excluding carboxylic acids is 2. The van der Waals surface area contributed by atoms with E-state index in [0.717, 1.165) is 28.0 Å². The van der Waals surface area contributed by atoms with E-state index < -0.39 is 0 Å². The molecule has 3 aromatic rings. The molecule has 0 saturated heterocycles. The number of benzene rings is 2. The summed E-state index contributed by atoms with van der Waals surface area (Å²) in [5, 5.41) is 15.3. The smallest absolute Gasteiger partial charge is 0.257 e. The Morgan fingerprint density at radius 3 is 2.57 bits per heavy atom. The van der Waals surface area contributed by atoms with Gasteiger partial charge in [0.25, 0.3) is 5.91 Å². The van der Waals surface area contributed by atoms with Crippen molar-refractivity contribution in [2.24, 2.45) is 5.10 Å². The molecule has 3 rings (SSSR count). The summed E-state index contributed by atoms with van der Waals surface area (Å²) in [6, 6.07) is 15.0. The minimum absolute atomic E-state index is 0.0309. The fourth-order valence-corrected chi connectivity index (χ4v) is 3.11. The van der Waals surface area contributed by atoms with Gasteiger partial charge in [-0.15, -0.1) is 10.2 Å². The molecule has 142 valence electrons. The molecule has 0 fully saturated rings. The second-order valence-corrected chi connectivity index (χ2v) is 7.21. The Morgan fingerprint density at radius 2 is 1.82 bits per heavy atom. The van der Waals surface area contributed by atoms with Gasteiger partial charge in [-0.2, -0.15) is 5.10 Å². The Hall–Kier alpha value is -3.39. The number of nitrogens with one attached hydrogen (secondary N) is 2. The molecule has 2 amide bonds. The number of amides is 2. The average Bonchev–Trinajstić information content (AvgIpc) is 3.10. The van der Waals surface area contributed by atoms with Crippen LogP contribution < -0.4 is 10.7 Å². The van der Waals surface area contributed by atoms with Gasteiger partial charge in [0.15, 0.2) is 0 Å². The molecule has 0 atom stereocenters. The predicted octanol–water partition coefficient (Wildman–Crippen LogP) is 3.10. The zero-order valence-electron chi connectivity index (χ0n) is 15.5. The molecule has 2 aromatic carbocycles. The average molecular weight is 393 g/mol. The fraction of sp³-hybridized carbons (Fsp3) is 0.150. The second-order valence-electron chi connectivity index (χ2n) is 6.15. The summed E-state index contributed by atoms with van der Waals surface area (Å²) in [6.07, 6.45) is 1.61. The zero-order chi connectivity index (χ0) is 19.9. The van der Waals surface area contributed by atoms with Crippen LogP contribution >= 0.6 is 11.3 Å². The normalized spacial score (nSPS) is 10.8. The SMILES string of the molecule is Cc1ccc(/C=N/NC(=O)Cc2nnc(NC(=O)c3ccccc3C)s2)cc1. The number of anilines is 1. The molecule has 0 bridgehead atoms. The zero-order valence-corrected chi connectivity index (χ0v) is 16.3. The van der Waals surface area contributed by atoms with Crippen LogP contribution in [0.1, 0.15) is 32.1 Å². The quantitative estimate of drug-likeness (QED) is 0.497. The summed E-state index contributed by atoms with van der Waals surface area (Å²) in [5.74, 6) is -0.566. The standard InChI is InChI=1S/C20H19N5O2S/c1-13-7-9-15(10-8-13)12-21-23-17(26)11-18-24-25-20(28-18)22-19(27)16-6-4-3-5-14(16)2/h3-10,12H,11H2,1-2H3,(H,23,26)(H,22,25,27)/b21-12+. The van der Waals surface area contributed by atoms with Gasteiger partial charge in [0.2, 0.25) is 11.0 Å². The molecule has 7 nitrogen and oxygen atoms in total. The molecule has 0 saturated carbocycles. The topological polar surface area (TPSA) is 96.3 Å². The van der Waals surface area contributed by atoms with Crippen LogP contribution in [0.15, 0.2) is 53.6 Å². The van der Waals surface area contributed by atoms with Gasteiger partial charge < -0.3 is 0 Å². The van der Waals surface area contributed by atoms with Gasteiger partial charge in [-0.1, -0.05) is 59.4 Å². The number of rotatable bonds is 6. The van der Waals surface area contributed by atoms with Crippen LogP contribution in [0.2, 0.25) is 0 Å². The summed E-state index contributed by atoms with van der Waals surface area (Å²) < 4.78 is 0. The first-order chi connectivity index (χ1) is 13.5. The first-order valence-electron chi connectivity index (χ1n) is 8.59. The van der Waals surface area contributed by atoms with Crippen molar-refractivity contribution < 1.29 is 9.59 Å². The maximum absolute atomic E-state index is 12.3. The first-order valence-corrected chi connectivity index (χ1v) is 9.41. The van der Waals surface area contributed by atoms with Crippen molar-refractivity contribution in [1.29, 1.82) is 0 Å². The number of carbonyl (C=O) groups is 2. The highest BCUT2D eigenvalue weighted by molar-refractivity contribution is 7.15. The lowest BCUT2D eigenvalue weighted by Crippen LogP contribution is -2.19. The van der Waals surface area contributed by atoms with E-state index in [2.05, 4.69) is 26.0 Å². The van der Waals surface area contributed by atoms with Crippen molar-refractivity contribution in [1.82, 2.24) is 15.6 Å². The van der Waals surface area contributed by atoms with E-state index in [-0.39, 0.29) is 18.2 Å². The molecule has 0 radical (unpaired) electrons. The second kappa shape index (κ2) is 9.01. The van der Waals surface area contributed by atoms with Crippen LogP contribution in [-0.2, 0) is 11.2 Å². The number of hydrazone groups is 1. The number of aryl methyl sites for hydroxylation is 2. The molecular weight excluding hydrogens is 374 g/mol. The maximum Gasteiger partial charge on any atom is 0.257 e. The van der Waals surface area contributed by atoms with Crippen molar-refractivity contribution in [3.05, 3.63) is 75.8 Å². The Kier molecular flexibility index (Phi) is 6.23. The molecule has 0 aliphatic heterocycles. The van der Waals surface area contributed by atoms with Crippen molar-refractivity contribution >= 4 is 34.5 Å². The van der Waals surface area contributed by atoms with Crippen molar-refractivity contribution in [2.75, 3.05) is 5.32 Å². The van der Waals surface area contributed by atoms with Crippen LogP contribution in [0.25, 0.3) is 0 Å². The lowest BCUT2D eigenvalue weighted by atomic mass is 10.1. The summed E-state index contributed by atoms with van der Waals surface area (Å²) in [4.78, 5) is 24.3. The molecule has 0 unspecified atom stereocenters. The Labute approximate surface area is 166 Å². The summed E-state index contributed by atoms with van der Waals surface area (Å²) >= 11 is 1.15. The number of nitrogens with zero attached hydrogens (tertiary/aromatic N) is 3. The third-order valence-corrected chi connectivity index (χ3v) is 4.71. The monoisotopic (exact) mass is 393 g/mol. The lowest BCUT2D eigenvalue weighted by molar-refractivity contribution is -0.120. The van der Waals surface area contributed by atoms with E-state index in [4.69, 9.17) is 0 Å². The Bertz CT molecular complexity index is 1010. The van der Waals surface area contributed by atoms with E-state index in [1.54, 1.807) is 18.3 Å². The van der Waals surface area contributed by atoms with Gasteiger partial charge in [0, 0.05) is 5.56 Å². The highest BCUT2D eigenvalue weighted by atomic mass is 32.1. The summed E-state index contributed by atoms with van der Waals surface area (Å²) in [6.45, 7) is 3.87. The van der Waals surface area contributed by atoms with E-state index >= 15 is 0 Å². The first kappa shape index (κ1) is 19.4. The Balaban J connectivity index is 1.52. The van der Waals surface area contributed by atoms with Gasteiger partial charge in [-0.05, 0) is 31.0 Å². The van der Waals surface area contributed by atoms with E-state index in [1.165, 1.54) is 0 Å². The van der Waals surface area contributed by atoms with Crippen LogP contribution in [0, 0.1) is 13.8 Å². The molecule has 0 spiro atoms. The molecule has 0 aliphatic carbocycles. The van der Waals surface area contributed by atoms with Gasteiger partial charge >= 0.3 is 0 Å².